The number of aliphatic imine (C=N–C) groups is 1. The SMILES string of the molecule is CC(C)(Oc1ccc(Cl)cc1C(F)F)C(=O)NC1CC2CCC(C1)N2C1CC=C(C(=O)NCC(O)C(F)(F)F)C=N1. The summed E-state index contributed by atoms with van der Waals surface area (Å²) in [6.45, 7) is 2.07. The standard InChI is InChI=1S/C27H32ClF5N4O4/c1-26(2,41-20-7-4-15(28)9-19(20)23(29)30)25(40)36-16-10-17-5-6-18(11-16)37(17)22-8-3-14(12-34-22)24(39)35-13-21(38)27(31,32)33/h3-4,7,9,12,16-18,21-23,38H,5-6,8,10-11,13H2,1-2H3,(H,35,39)(H,36,40). The van der Waals surface area contributed by atoms with Crippen molar-refractivity contribution in [1.82, 2.24) is 15.5 Å². The molecule has 0 spiro atoms. The van der Waals surface area contributed by atoms with Crippen molar-refractivity contribution in [2.24, 2.45) is 4.99 Å². The Kier molecular flexibility index (Phi) is 9.29. The molecule has 41 heavy (non-hydrogen) atoms. The zero-order valence-electron chi connectivity index (χ0n) is 22.4. The smallest absolute Gasteiger partial charge is 0.416 e. The molecule has 226 valence electrons. The lowest BCUT2D eigenvalue weighted by molar-refractivity contribution is -0.201. The van der Waals surface area contributed by atoms with Crippen molar-refractivity contribution < 1.29 is 41.4 Å². The summed E-state index contributed by atoms with van der Waals surface area (Å²) in [6, 6.07) is 3.90. The summed E-state index contributed by atoms with van der Waals surface area (Å²) in [6.07, 6.45) is -4.16. The average Bonchev–Trinajstić information content (AvgIpc) is 3.17. The number of benzene rings is 1. The number of aliphatic hydroxyl groups is 1. The molecule has 2 bridgehead atoms. The molecule has 3 N–H and O–H groups in total. The molecule has 14 heteroatoms. The first-order chi connectivity index (χ1) is 19.2. The molecular formula is C27H32ClF5N4O4. The van der Waals surface area contributed by atoms with Gasteiger partial charge in [0.05, 0.1) is 17.7 Å². The molecule has 2 amide bonds. The van der Waals surface area contributed by atoms with Gasteiger partial charge in [0.1, 0.15) is 11.9 Å². The molecule has 4 rings (SSSR count). The summed E-state index contributed by atoms with van der Waals surface area (Å²) in [5.41, 5.74) is -1.70. The maximum absolute atomic E-state index is 13.5. The Morgan fingerprint density at radius 1 is 1.20 bits per heavy atom. The fraction of sp³-hybridized carbons (Fsp3) is 0.593. The van der Waals surface area contributed by atoms with Crippen LogP contribution in [0.1, 0.15) is 57.9 Å². The molecule has 0 radical (unpaired) electrons. The summed E-state index contributed by atoms with van der Waals surface area (Å²) in [4.78, 5) is 32.1. The lowest BCUT2D eigenvalue weighted by Gasteiger charge is -2.43. The van der Waals surface area contributed by atoms with Crippen LogP contribution < -0.4 is 15.4 Å². The summed E-state index contributed by atoms with van der Waals surface area (Å²) >= 11 is 5.84. The molecule has 0 aliphatic carbocycles. The quantitative estimate of drug-likeness (QED) is 0.364. The van der Waals surface area contributed by atoms with Crippen LogP contribution in [0.25, 0.3) is 0 Å². The Hall–Kier alpha value is -2.77. The largest absolute Gasteiger partial charge is 0.478 e. The highest BCUT2D eigenvalue weighted by Crippen LogP contribution is 2.39. The number of rotatable bonds is 9. The first-order valence-electron chi connectivity index (χ1n) is 13.3. The van der Waals surface area contributed by atoms with E-state index in [2.05, 4.69) is 20.5 Å². The second-order valence-electron chi connectivity index (χ2n) is 11.0. The van der Waals surface area contributed by atoms with Crippen LogP contribution in [-0.2, 0) is 9.59 Å². The number of fused-ring (bicyclic) bond motifs is 2. The molecule has 2 saturated heterocycles. The van der Waals surface area contributed by atoms with Crippen LogP contribution in [0.15, 0.2) is 34.8 Å². The number of piperidine rings is 1. The van der Waals surface area contributed by atoms with Gasteiger partial charge in [0.15, 0.2) is 11.7 Å². The normalized spacial score (nSPS) is 25.6. The van der Waals surface area contributed by atoms with E-state index in [4.69, 9.17) is 21.4 Å². The average molecular weight is 607 g/mol. The maximum atomic E-state index is 13.5. The van der Waals surface area contributed by atoms with E-state index in [-0.39, 0.29) is 40.6 Å². The number of hydrogen-bond donors (Lipinski definition) is 3. The van der Waals surface area contributed by atoms with Gasteiger partial charge in [-0.2, -0.15) is 13.2 Å². The van der Waals surface area contributed by atoms with Gasteiger partial charge in [-0.1, -0.05) is 17.7 Å². The summed E-state index contributed by atoms with van der Waals surface area (Å²) in [7, 11) is 0. The number of nitrogens with one attached hydrogen (secondary N) is 2. The van der Waals surface area contributed by atoms with Gasteiger partial charge < -0.3 is 20.5 Å². The van der Waals surface area contributed by atoms with Crippen molar-refractivity contribution >= 4 is 29.6 Å². The first-order valence-corrected chi connectivity index (χ1v) is 13.6. The van der Waals surface area contributed by atoms with Crippen molar-refractivity contribution in [3.8, 4) is 5.75 Å². The highest BCUT2D eigenvalue weighted by molar-refractivity contribution is 6.30. The lowest BCUT2D eigenvalue weighted by Crippen LogP contribution is -2.57. The minimum absolute atomic E-state index is 0.109. The number of alkyl halides is 5. The van der Waals surface area contributed by atoms with Crippen LogP contribution in [0.4, 0.5) is 22.0 Å². The van der Waals surface area contributed by atoms with E-state index in [1.54, 1.807) is 6.08 Å². The fourth-order valence-corrected chi connectivity index (χ4v) is 5.73. The summed E-state index contributed by atoms with van der Waals surface area (Å²) in [5, 5.41) is 14.3. The number of dihydropyridines is 1. The number of aliphatic hydroxyl groups excluding tert-OH is 1. The number of nitrogens with zero attached hydrogens (tertiary/aromatic N) is 2. The van der Waals surface area contributed by atoms with Crippen LogP contribution in [0.3, 0.4) is 0 Å². The van der Waals surface area contributed by atoms with Crippen molar-refractivity contribution in [3.05, 3.63) is 40.4 Å². The third kappa shape index (κ3) is 7.36. The van der Waals surface area contributed by atoms with Gasteiger partial charge >= 0.3 is 6.18 Å². The molecule has 2 fully saturated rings. The second-order valence-corrected chi connectivity index (χ2v) is 11.4. The fourth-order valence-electron chi connectivity index (χ4n) is 5.55. The van der Waals surface area contributed by atoms with E-state index in [0.29, 0.717) is 19.3 Å². The summed E-state index contributed by atoms with van der Waals surface area (Å²) < 4.78 is 70.1. The van der Waals surface area contributed by atoms with Gasteiger partial charge in [0.25, 0.3) is 18.2 Å². The van der Waals surface area contributed by atoms with Gasteiger partial charge in [-0.3, -0.25) is 19.5 Å². The molecule has 3 heterocycles. The lowest BCUT2D eigenvalue weighted by atomic mass is 9.94. The van der Waals surface area contributed by atoms with Gasteiger partial charge in [0.2, 0.25) is 0 Å². The molecule has 3 aliphatic rings. The van der Waals surface area contributed by atoms with Crippen LogP contribution in [0, 0.1) is 0 Å². The molecule has 1 aromatic carbocycles. The zero-order chi connectivity index (χ0) is 30.1. The Bertz CT molecular complexity index is 1190. The Balaban J connectivity index is 1.31. The third-order valence-corrected chi connectivity index (χ3v) is 7.85. The number of amides is 2. The highest BCUT2D eigenvalue weighted by Gasteiger charge is 2.45. The molecule has 0 saturated carbocycles. The summed E-state index contributed by atoms with van der Waals surface area (Å²) in [5.74, 6) is -1.30. The van der Waals surface area contributed by atoms with Gasteiger partial charge in [-0.15, -0.1) is 0 Å². The van der Waals surface area contributed by atoms with Crippen LogP contribution in [0.2, 0.25) is 5.02 Å². The first kappa shape index (κ1) is 31.2. The molecule has 4 atom stereocenters. The number of carbonyl (C=O) groups excluding carboxylic acids is 2. The van der Waals surface area contributed by atoms with Crippen molar-refractivity contribution in [1.29, 1.82) is 0 Å². The molecular weight excluding hydrogens is 575 g/mol. The number of ether oxygens (including phenoxy) is 1. The Morgan fingerprint density at radius 2 is 1.85 bits per heavy atom. The molecule has 3 aliphatic heterocycles. The Morgan fingerprint density at radius 3 is 2.41 bits per heavy atom. The van der Waals surface area contributed by atoms with Crippen LogP contribution >= 0.6 is 11.6 Å². The molecule has 1 aromatic rings. The van der Waals surface area contributed by atoms with Gasteiger partial charge in [-0.25, -0.2) is 8.78 Å². The van der Waals surface area contributed by atoms with Crippen molar-refractivity contribution in [3.63, 3.8) is 0 Å². The van der Waals surface area contributed by atoms with Gasteiger partial charge in [-0.05, 0) is 57.7 Å². The van der Waals surface area contributed by atoms with E-state index in [0.717, 1.165) is 18.9 Å². The van der Waals surface area contributed by atoms with E-state index in [9.17, 15) is 31.5 Å². The monoisotopic (exact) mass is 606 g/mol. The highest BCUT2D eigenvalue weighted by atomic mass is 35.5. The molecule has 4 unspecified atom stereocenters. The van der Waals surface area contributed by atoms with E-state index < -0.39 is 48.2 Å². The Labute approximate surface area is 239 Å². The van der Waals surface area contributed by atoms with E-state index in [1.165, 1.54) is 32.2 Å². The number of carbonyl (C=O) groups is 2. The zero-order valence-corrected chi connectivity index (χ0v) is 23.2. The minimum Gasteiger partial charge on any atom is -0.478 e. The maximum Gasteiger partial charge on any atom is 0.416 e. The predicted octanol–water partition coefficient (Wildman–Crippen LogP) is 4.31. The molecule has 8 nitrogen and oxygen atoms in total. The van der Waals surface area contributed by atoms with Crippen LogP contribution in [-0.4, -0.2) is 76.8 Å². The van der Waals surface area contributed by atoms with Crippen molar-refractivity contribution in [2.75, 3.05) is 6.54 Å². The van der Waals surface area contributed by atoms with Crippen molar-refractivity contribution in [2.45, 2.75) is 94.5 Å². The van der Waals surface area contributed by atoms with E-state index in [1.807, 2.05) is 0 Å². The van der Waals surface area contributed by atoms with E-state index >= 15 is 0 Å². The molecule has 0 aromatic heterocycles. The minimum atomic E-state index is -4.82. The van der Waals surface area contributed by atoms with Crippen LogP contribution in [0.5, 0.6) is 5.75 Å². The predicted molar refractivity (Wildman–Crippen MR) is 141 cm³/mol. The second kappa shape index (κ2) is 12.2. The van der Waals surface area contributed by atoms with Gasteiger partial charge in [0, 0.05) is 35.8 Å². The third-order valence-electron chi connectivity index (χ3n) is 7.62. The number of hydrogen-bond acceptors (Lipinski definition) is 6. The topological polar surface area (TPSA) is 103 Å². The number of halogens is 6.